The van der Waals surface area contributed by atoms with Gasteiger partial charge in [-0.3, -0.25) is 8.97 Å². The SMILES string of the molecule is CCCCCCCCCCCC[N+](C)(C)C[N+](C)(C)CCCCCCCCCCCC.[Br-].[Br-]. The van der Waals surface area contributed by atoms with Gasteiger partial charge in [-0.2, -0.15) is 0 Å². The first kappa shape index (κ1) is 38.4. The minimum absolute atomic E-state index is 0. The first-order valence-corrected chi connectivity index (χ1v) is 14.5. The summed E-state index contributed by atoms with van der Waals surface area (Å²) in [7, 11) is 9.80. The lowest BCUT2D eigenvalue weighted by Gasteiger charge is -2.39. The van der Waals surface area contributed by atoms with Crippen LogP contribution in [0.5, 0.6) is 0 Å². The lowest BCUT2D eigenvalue weighted by molar-refractivity contribution is -1.07. The topological polar surface area (TPSA) is 0 Å². The summed E-state index contributed by atoms with van der Waals surface area (Å²) in [5.41, 5.74) is 0. The highest BCUT2D eigenvalue weighted by Gasteiger charge is 2.26. The smallest absolute Gasteiger partial charge is 0.206 e. The number of hydrogen-bond donors (Lipinski definition) is 0. The number of rotatable bonds is 24. The van der Waals surface area contributed by atoms with E-state index < -0.39 is 0 Å². The number of halogens is 2. The van der Waals surface area contributed by atoms with Gasteiger partial charge in [-0.05, 0) is 25.7 Å². The third-order valence-electron chi connectivity index (χ3n) is 7.00. The molecule has 0 saturated heterocycles. The molecule has 2 nitrogen and oxygen atoms in total. The molecule has 0 rings (SSSR count). The molecular weight excluding hydrogens is 536 g/mol. The zero-order chi connectivity index (χ0) is 23.3. The van der Waals surface area contributed by atoms with E-state index in [4.69, 9.17) is 0 Å². The van der Waals surface area contributed by atoms with E-state index >= 15 is 0 Å². The quantitative estimate of drug-likeness (QED) is 0.0909. The fraction of sp³-hybridized carbons (Fsp3) is 1.00. The summed E-state index contributed by atoms with van der Waals surface area (Å²) in [6, 6.07) is 0. The van der Waals surface area contributed by atoms with Crippen molar-refractivity contribution in [3.05, 3.63) is 0 Å². The molecule has 0 N–H and O–H groups in total. The Bertz CT molecular complexity index is 339. The van der Waals surface area contributed by atoms with Crippen molar-refractivity contribution < 1.29 is 42.9 Å². The molecule has 0 amide bonds. The zero-order valence-electron chi connectivity index (χ0n) is 23.9. The Morgan fingerprint density at radius 1 is 0.333 bits per heavy atom. The van der Waals surface area contributed by atoms with Crippen molar-refractivity contribution in [1.82, 2.24) is 0 Å². The van der Waals surface area contributed by atoms with Crippen molar-refractivity contribution in [2.75, 3.05) is 47.9 Å². The highest BCUT2D eigenvalue weighted by Crippen LogP contribution is 2.15. The summed E-state index contributed by atoms with van der Waals surface area (Å²) >= 11 is 0. The average molecular weight is 601 g/mol. The number of quaternary nitrogens is 2. The molecule has 0 aromatic heterocycles. The first-order valence-electron chi connectivity index (χ1n) is 14.5. The van der Waals surface area contributed by atoms with E-state index in [0.29, 0.717) is 0 Å². The Morgan fingerprint density at radius 3 is 0.788 bits per heavy atom. The predicted octanol–water partition coefficient (Wildman–Crippen LogP) is 2.95. The summed E-state index contributed by atoms with van der Waals surface area (Å²) in [4.78, 5) is 0. The van der Waals surface area contributed by atoms with E-state index in [1.807, 2.05) is 0 Å². The predicted molar refractivity (Wildman–Crippen MR) is 143 cm³/mol. The van der Waals surface area contributed by atoms with E-state index in [2.05, 4.69) is 42.0 Å². The summed E-state index contributed by atoms with van der Waals surface area (Å²) in [5.74, 6) is 0. The fourth-order valence-corrected chi connectivity index (χ4v) is 5.23. The molecule has 0 fully saturated rings. The molecule has 0 aliphatic rings. The highest BCUT2D eigenvalue weighted by molar-refractivity contribution is 4.49. The molecule has 0 spiro atoms. The summed E-state index contributed by atoms with van der Waals surface area (Å²) in [6.45, 7) is 8.57. The van der Waals surface area contributed by atoms with E-state index in [1.54, 1.807) is 0 Å². The Labute approximate surface area is 232 Å². The Morgan fingerprint density at radius 2 is 0.545 bits per heavy atom. The molecule has 0 atom stereocenters. The Kier molecular flexibility index (Phi) is 30.2. The second-order valence-corrected chi connectivity index (χ2v) is 11.8. The van der Waals surface area contributed by atoms with Gasteiger partial charge in [0, 0.05) is 0 Å². The summed E-state index contributed by atoms with van der Waals surface area (Å²) in [6.07, 6.45) is 28.8. The number of nitrogens with zero attached hydrogens (tertiary/aromatic N) is 2. The monoisotopic (exact) mass is 598 g/mol. The Hall–Kier alpha value is 0.880. The lowest BCUT2D eigenvalue weighted by atomic mass is 10.1. The highest BCUT2D eigenvalue weighted by atomic mass is 79.9. The molecule has 0 heterocycles. The standard InChI is InChI=1S/C29H64N2.2BrH/c1-7-9-11-13-15-17-19-21-23-25-27-30(3,4)29-31(5,6)28-26-24-22-20-18-16-14-12-10-8-2;;/h7-29H2,1-6H3;2*1H/q+2;;/p-2. The number of unbranched alkanes of at least 4 members (excludes halogenated alkanes) is 18. The van der Waals surface area contributed by atoms with Crippen LogP contribution in [0.25, 0.3) is 0 Å². The van der Waals surface area contributed by atoms with Crippen LogP contribution in [0.2, 0.25) is 0 Å². The van der Waals surface area contributed by atoms with Crippen LogP contribution in [0.3, 0.4) is 0 Å². The maximum Gasteiger partial charge on any atom is 0.206 e. The van der Waals surface area contributed by atoms with Gasteiger partial charge in [0.1, 0.15) is 0 Å². The molecule has 204 valence electrons. The van der Waals surface area contributed by atoms with Crippen molar-refractivity contribution in [1.29, 1.82) is 0 Å². The van der Waals surface area contributed by atoms with Crippen LogP contribution in [0.1, 0.15) is 142 Å². The number of hydrogen-bond acceptors (Lipinski definition) is 0. The van der Waals surface area contributed by atoms with E-state index in [-0.39, 0.29) is 34.0 Å². The normalized spacial score (nSPS) is 11.8. The largest absolute Gasteiger partial charge is 1.00 e. The molecule has 0 saturated carbocycles. The van der Waals surface area contributed by atoms with Crippen molar-refractivity contribution >= 4 is 0 Å². The van der Waals surface area contributed by atoms with Gasteiger partial charge in [-0.15, -0.1) is 0 Å². The van der Waals surface area contributed by atoms with Gasteiger partial charge in [-0.25, -0.2) is 0 Å². The van der Waals surface area contributed by atoms with Gasteiger partial charge in [0.2, 0.25) is 6.67 Å². The van der Waals surface area contributed by atoms with E-state index in [1.165, 1.54) is 157 Å². The van der Waals surface area contributed by atoms with Crippen molar-refractivity contribution in [3.63, 3.8) is 0 Å². The molecule has 4 heteroatoms. The van der Waals surface area contributed by atoms with Crippen LogP contribution in [0.15, 0.2) is 0 Å². The van der Waals surface area contributed by atoms with Crippen LogP contribution >= 0.6 is 0 Å². The molecule has 0 unspecified atom stereocenters. The summed E-state index contributed by atoms with van der Waals surface area (Å²) < 4.78 is 2.36. The molecule has 0 aliphatic heterocycles. The molecule has 0 aliphatic carbocycles. The van der Waals surface area contributed by atoms with Crippen molar-refractivity contribution in [2.45, 2.75) is 142 Å². The molecule has 0 aromatic carbocycles. The summed E-state index contributed by atoms with van der Waals surface area (Å²) in [5, 5.41) is 0. The van der Waals surface area contributed by atoms with Crippen LogP contribution in [-0.2, 0) is 0 Å². The van der Waals surface area contributed by atoms with Gasteiger partial charge in [0.15, 0.2) is 0 Å². The van der Waals surface area contributed by atoms with Gasteiger partial charge in [0.05, 0.1) is 41.3 Å². The van der Waals surface area contributed by atoms with Crippen LogP contribution < -0.4 is 34.0 Å². The van der Waals surface area contributed by atoms with Gasteiger partial charge < -0.3 is 34.0 Å². The first-order chi connectivity index (χ1) is 14.8. The maximum absolute atomic E-state index is 2.45. The van der Waals surface area contributed by atoms with Crippen LogP contribution in [0.4, 0.5) is 0 Å². The molecular formula is C29H64Br2N2. The second kappa shape index (κ2) is 26.0. The maximum atomic E-state index is 2.45. The van der Waals surface area contributed by atoms with Crippen molar-refractivity contribution in [3.8, 4) is 0 Å². The molecule has 0 radical (unpaired) electrons. The minimum Gasteiger partial charge on any atom is -1.00 e. The third kappa shape index (κ3) is 29.0. The van der Waals surface area contributed by atoms with Crippen LogP contribution in [-0.4, -0.2) is 56.9 Å². The second-order valence-electron chi connectivity index (χ2n) is 11.8. The van der Waals surface area contributed by atoms with Gasteiger partial charge in [0.25, 0.3) is 0 Å². The van der Waals surface area contributed by atoms with E-state index in [9.17, 15) is 0 Å². The minimum atomic E-state index is 0. The average Bonchev–Trinajstić information content (AvgIpc) is 2.70. The lowest BCUT2D eigenvalue weighted by Crippen LogP contribution is -3.00. The Balaban J connectivity index is -0.00000450. The van der Waals surface area contributed by atoms with E-state index in [0.717, 1.165) is 0 Å². The molecule has 0 bridgehead atoms. The van der Waals surface area contributed by atoms with Crippen LogP contribution in [0, 0.1) is 0 Å². The zero-order valence-corrected chi connectivity index (χ0v) is 27.1. The fourth-order valence-electron chi connectivity index (χ4n) is 5.23. The van der Waals surface area contributed by atoms with Gasteiger partial charge in [-0.1, -0.05) is 117 Å². The molecule has 0 aromatic rings. The molecule has 33 heavy (non-hydrogen) atoms. The van der Waals surface area contributed by atoms with Gasteiger partial charge >= 0.3 is 0 Å². The third-order valence-corrected chi connectivity index (χ3v) is 7.00. The van der Waals surface area contributed by atoms with Crippen molar-refractivity contribution in [2.24, 2.45) is 0 Å².